The van der Waals surface area contributed by atoms with Crippen molar-refractivity contribution >= 4 is 5.91 Å². The predicted molar refractivity (Wildman–Crippen MR) is 48.5 cm³/mol. The van der Waals surface area contributed by atoms with Crippen LogP contribution in [0.3, 0.4) is 0 Å². The molecule has 3 nitrogen and oxygen atoms in total. The third kappa shape index (κ3) is 2.66. The van der Waals surface area contributed by atoms with Crippen LogP contribution < -0.4 is 11.1 Å². The molecule has 0 aromatic carbocycles. The summed E-state index contributed by atoms with van der Waals surface area (Å²) in [5, 5.41) is 2.89. The normalized spacial score (nSPS) is 18.4. The molecule has 1 amide bonds. The second-order valence-electron chi connectivity index (χ2n) is 3.24. The first kappa shape index (κ1) is 9.26. The highest BCUT2D eigenvalue weighted by Gasteiger charge is 2.30. The van der Waals surface area contributed by atoms with Gasteiger partial charge in [0.2, 0.25) is 5.91 Å². The molecule has 1 rings (SSSR count). The van der Waals surface area contributed by atoms with Crippen LogP contribution in [0.25, 0.3) is 0 Å². The van der Waals surface area contributed by atoms with Crippen LogP contribution >= 0.6 is 0 Å². The summed E-state index contributed by atoms with van der Waals surface area (Å²) in [6.45, 7) is 4.05. The lowest BCUT2D eigenvalue weighted by atomic mass is 10.2. The SMILES string of the molecule is C=CCC(=O)NC(CN)C1CC1. The summed E-state index contributed by atoms with van der Waals surface area (Å²) in [5.41, 5.74) is 5.52. The van der Waals surface area contributed by atoms with Gasteiger partial charge in [-0.1, -0.05) is 6.08 Å². The number of hydrogen-bond donors (Lipinski definition) is 2. The van der Waals surface area contributed by atoms with Crippen LogP contribution in [0.2, 0.25) is 0 Å². The quantitative estimate of drug-likeness (QED) is 0.584. The Morgan fingerprint density at radius 3 is 2.83 bits per heavy atom. The molecule has 0 bridgehead atoms. The van der Waals surface area contributed by atoms with Gasteiger partial charge in [-0.2, -0.15) is 0 Å². The Kier molecular flexibility index (Phi) is 3.29. The van der Waals surface area contributed by atoms with Gasteiger partial charge in [-0.25, -0.2) is 0 Å². The maximum Gasteiger partial charge on any atom is 0.224 e. The Labute approximate surface area is 73.0 Å². The van der Waals surface area contributed by atoms with Gasteiger partial charge in [0.15, 0.2) is 0 Å². The molecule has 1 unspecified atom stereocenters. The zero-order valence-electron chi connectivity index (χ0n) is 7.25. The van der Waals surface area contributed by atoms with Gasteiger partial charge in [0, 0.05) is 19.0 Å². The van der Waals surface area contributed by atoms with E-state index in [1.54, 1.807) is 6.08 Å². The van der Waals surface area contributed by atoms with Gasteiger partial charge >= 0.3 is 0 Å². The van der Waals surface area contributed by atoms with Gasteiger partial charge in [-0.05, 0) is 18.8 Å². The molecule has 0 spiro atoms. The molecule has 0 aromatic rings. The van der Waals surface area contributed by atoms with Crippen molar-refractivity contribution in [2.75, 3.05) is 6.54 Å². The molecule has 0 aliphatic heterocycles. The largest absolute Gasteiger partial charge is 0.352 e. The molecule has 0 aromatic heterocycles. The fourth-order valence-corrected chi connectivity index (χ4v) is 1.26. The Bertz CT molecular complexity index is 175. The molecule has 0 radical (unpaired) electrons. The smallest absolute Gasteiger partial charge is 0.224 e. The maximum atomic E-state index is 11.1. The molecule has 1 atom stereocenters. The minimum atomic E-state index is 0.0346. The molecular formula is C9H16N2O. The number of carbonyl (C=O) groups excluding carboxylic acids is 1. The van der Waals surface area contributed by atoms with E-state index in [2.05, 4.69) is 11.9 Å². The van der Waals surface area contributed by atoms with E-state index in [1.807, 2.05) is 0 Å². The predicted octanol–water partition coefficient (Wildman–Crippen LogP) is 0.416. The average Bonchev–Trinajstić information content (AvgIpc) is 2.83. The number of rotatable bonds is 5. The van der Waals surface area contributed by atoms with E-state index < -0.39 is 0 Å². The Morgan fingerprint density at radius 1 is 1.75 bits per heavy atom. The lowest BCUT2D eigenvalue weighted by molar-refractivity contribution is -0.121. The van der Waals surface area contributed by atoms with Crippen LogP contribution in [0.1, 0.15) is 19.3 Å². The summed E-state index contributed by atoms with van der Waals surface area (Å²) < 4.78 is 0. The summed E-state index contributed by atoms with van der Waals surface area (Å²) >= 11 is 0. The van der Waals surface area contributed by atoms with Crippen molar-refractivity contribution in [3.05, 3.63) is 12.7 Å². The molecule has 68 valence electrons. The molecule has 3 heteroatoms. The van der Waals surface area contributed by atoms with Crippen molar-refractivity contribution in [1.29, 1.82) is 0 Å². The van der Waals surface area contributed by atoms with Gasteiger partial charge < -0.3 is 11.1 Å². The van der Waals surface area contributed by atoms with Crippen LogP contribution in [0, 0.1) is 5.92 Å². The first-order valence-electron chi connectivity index (χ1n) is 4.38. The third-order valence-corrected chi connectivity index (χ3v) is 2.12. The molecule has 0 saturated heterocycles. The highest BCUT2D eigenvalue weighted by Crippen LogP contribution is 2.32. The van der Waals surface area contributed by atoms with Crippen molar-refractivity contribution in [3.8, 4) is 0 Å². The van der Waals surface area contributed by atoms with E-state index in [-0.39, 0.29) is 11.9 Å². The molecule has 1 saturated carbocycles. The first-order valence-corrected chi connectivity index (χ1v) is 4.38. The molecule has 1 fully saturated rings. The fourth-order valence-electron chi connectivity index (χ4n) is 1.26. The first-order chi connectivity index (χ1) is 5.77. The summed E-state index contributed by atoms with van der Waals surface area (Å²) in [7, 11) is 0. The maximum absolute atomic E-state index is 11.1. The lowest BCUT2D eigenvalue weighted by Gasteiger charge is -2.14. The van der Waals surface area contributed by atoms with Crippen LogP contribution in [-0.2, 0) is 4.79 Å². The molecule has 0 heterocycles. The minimum Gasteiger partial charge on any atom is -0.352 e. The second kappa shape index (κ2) is 4.26. The van der Waals surface area contributed by atoms with Gasteiger partial charge in [0.05, 0.1) is 0 Å². The minimum absolute atomic E-state index is 0.0346. The number of nitrogens with two attached hydrogens (primary N) is 1. The summed E-state index contributed by atoms with van der Waals surface area (Å²) in [6.07, 6.45) is 4.41. The van der Waals surface area contributed by atoms with Crippen molar-refractivity contribution in [2.24, 2.45) is 11.7 Å². The van der Waals surface area contributed by atoms with E-state index in [0.717, 1.165) is 0 Å². The van der Waals surface area contributed by atoms with Gasteiger partial charge in [0.25, 0.3) is 0 Å². The van der Waals surface area contributed by atoms with Gasteiger partial charge in [0.1, 0.15) is 0 Å². The summed E-state index contributed by atoms with van der Waals surface area (Å²) in [6, 6.07) is 0.192. The Balaban J connectivity index is 2.25. The van der Waals surface area contributed by atoms with Crippen LogP contribution in [0.5, 0.6) is 0 Å². The molecule has 1 aliphatic rings. The van der Waals surface area contributed by atoms with Crippen LogP contribution in [0.4, 0.5) is 0 Å². The second-order valence-corrected chi connectivity index (χ2v) is 3.24. The monoisotopic (exact) mass is 168 g/mol. The highest BCUT2D eigenvalue weighted by atomic mass is 16.1. The average molecular weight is 168 g/mol. The molecule has 1 aliphatic carbocycles. The van der Waals surface area contributed by atoms with Crippen molar-refractivity contribution in [2.45, 2.75) is 25.3 Å². The third-order valence-electron chi connectivity index (χ3n) is 2.12. The number of hydrogen-bond acceptors (Lipinski definition) is 2. The molecule has 3 N–H and O–H groups in total. The van der Waals surface area contributed by atoms with Crippen molar-refractivity contribution in [1.82, 2.24) is 5.32 Å². The number of amides is 1. The Hall–Kier alpha value is -0.830. The molecule has 12 heavy (non-hydrogen) atoms. The van der Waals surface area contributed by atoms with Crippen LogP contribution in [0.15, 0.2) is 12.7 Å². The zero-order valence-corrected chi connectivity index (χ0v) is 7.25. The lowest BCUT2D eigenvalue weighted by Crippen LogP contribution is -2.41. The van der Waals surface area contributed by atoms with E-state index in [9.17, 15) is 4.79 Å². The van der Waals surface area contributed by atoms with E-state index in [4.69, 9.17) is 5.73 Å². The van der Waals surface area contributed by atoms with Gasteiger partial charge in [-0.3, -0.25) is 4.79 Å². The van der Waals surface area contributed by atoms with E-state index >= 15 is 0 Å². The standard InChI is InChI=1S/C9H16N2O/c1-2-3-9(12)11-8(6-10)7-4-5-7/h2,7-8H,1,3-6,10H2,(H,11,12). The van der Waals surface area contributed by atoms with E-state index in [1.165, 1.54) is 12.8 Å². The zero-order chi connectivity index (χ0) is 8.97. The fraction of sp³-hybridized carbons (Fsp3) is 0.667. The Morgan fingerprint density at radius 2 is 2.42 bits per heavy atom. The topological polar surface area (TPSA) is 55.1 Å². The van der Waals surface area contributed by atoms with Gasteiger partial charge in [-0.15, -0.1) is 6.58 Å². The summed E-state index contributed by atoms with van der Waals surface area (Å²) in [5.74, 6) is 0.663. The van der Waals surface area contributed by atoms with Crippen LogP contribution in [-0.4, -0.2) is 18.5 Å². The summed E-state index contributed by atoms with van der Waals surface area (Å²) in [4.78, 5) is 11.1. The highest BCUT2D eigenvalue weighted by molar-refractivity contribution is 5.77. The number of carbonyl (C=O) groups is 1. The molecular weight excluding hydrogens is 152 g/mol. The van der Waals surface area contributed by atoms with Crippen molar-refractivity contribution in [3.63, 3.8) is 0 Å². The van der Waals surface area contributed by atoms with E-state index in [0.29, 0.717) is 18.9 Å². The number of nitrogens with one attached hydrogen (secondary N) is 1. The van der Waals surface area contributed by atoms with Crippen molar-refractivity contribution < 1.29 is 4.79 Å².